The number of carbonyl (C=O) groups excluding carboxylic acids is 1. The van der Waals surface area contributed by atoms with Crippen molar-refractivity contribution < 1.29 is 13.2 Å². The van der Waals surface area contributed by atoms with Crippen LogP contribution in [0.5, 0.6) is 0 Å². The average molecular weight is 285 g/mol. The Morgan fingerprint density at radius 3 is 2.50 bits per heavy atom. The Balaban J connectivity index is 1.99. The molecule has 0 aliphatic carbocycles. The third-order valence-electron chi connectivity index (χ3n) is 2.92. The molecule has 1 unspecified atom stereocenters. The first-order chi connectivity index (χ1) is 8.50. The fraction of sp³-hybridized carbons (Fsp3) is 0.417. The summed E-state index contributed by atoms with van der Waals surface area (Å²) in [5, 5.41) is 2.76. The Labute approximate surface area is 111 Å². The van der Waals surface area contributed by atoms with Gasteiger partial charge in [0.15, 0.2) is 9.84 Å². The molecule has 2 rings (SSSR count). The summed E-state index contributed by atoms with van der Waals surface area (Å²) in [6.07, 6.45) is 2.48. The second-order valence-corrected chi connectivity index (χ2v) is 7.41. The number of rotatable bonds is 3. The lowest BCUT2D eigenvalue weighted by atomic mass is 10.2. The van der Waals surface area contributed by atoms with Gasteiger partial charge in [0.2, 0.25) is 0 Å². The van der Waals surface area contributed by atoms with Gasteiger partial charge >= 0.3 is 0 Å². The maximum atomic E-state index is 11.9. The summed E-state index contributed by atoms with van der Waals surface area (Å²) in [5.74, 6) is 0.0232. The topological polar surface area (TPSA) is 63.2 Å². The molecule has 1 N–H and O–H groups in total. The van der Waals surface area contributed by atoms with Crippen LogP contribution in [0.25, 0.3) is 0 Å². The number of hydrogen-bond acceptors (Lipinski definition) is 4. The van der Waals surface area contributed by atoms with Gasteiger partial charge in [-0.15, -0.1) is 11.8 Å². The van der Waals surface area contributed by atoms with Crippen molar-refractivity contribution in [3.05, 3.63) is 29.8 Å². The smallest absolute Gasteiger partial charge is 0.251 e. The molecule has 98 valence electrons. The number of benzene rings is 1. The van der Waals surface area contributed by atoms with E-state index >= 15 is 0 Å². The molecule has 4 nitrogen and oxygen atoms in total. The highest BCUT2D eigenvalue weighted by atomic mass is 32.2. The van der Waals surface area contributed by atoms with E-state index in [1.165, 1.54) is 0 Å². The highest BCUT2D eigenvalue weighted by Gasteiger charge is 2.28. The van der Waals surface area contributed by atoms with Gasteiger partial charge in [-0.2, -0.15) is 0 Å². The van der Waals surface area contributed by atoms with Crippen molar-refractivity contribution in [3.8, 4) is 0 Å². The van der Waals surface area contributed by atoms with E-state index in [-0.39, 0.29) is 23.5 Å². The Bertz CT molecular complexity index is 537. The minimum Gasteiger partial charge on any atom is -0.348 e. The molecule has 1 aromatic rings. The van der Waals surface area contributed by atoms with Gasteiger partial charge in [-0.1, -0.05) is 0 Å². The van der Waals surface area contributed by atoms with Crippen LogP contribution < -0.4 is 5.32 Å². The molecule has 0 aromatic heterocycles. The van der Waals surface area contributed by atoms with Crippen LogP contribution in [0.4, 0.5) is 0 Å². The van der Waals surface area contributed by atoms with Gasteiger partial charge in [0.25, 0.3) is 5.91 Å². The fourth-order valence-electron chi connectivity index (χ4n) is 1.92. The first-order valence-corrected chi connectivity index (χ1v) is 8.70. The van der Waals surface area contributed by atoms with Crippen LogP contribution in [0, 0.1) is 0 Å². The average Bonchev–Trinajstić information content (AvgIpc) is 2.68. The summed E-state index contributed by atoms with van der Waals surface area (Å²) in [7, 11) is -2.95. The molecule has 6 heteroatoms. The first-order valence-electron chi connectivity index (χ1n) is 5.65. The molecule has 0 spiro atoms. The summed E-state index contributed by atoms with van der Waals surface area (Å²) >= 11 is 1.61. The lowest BCUT2D eigenvalue weighted by molar-refractivity contribution is 0.0941. The highest BCUT2D eigenvalue weighted by molar-refractivity contribution is 7.98. The van der Waals surface area contributed by atoms with E-state index in [0.717, 1.165) is 4.90 Å². The normalized spacial score (nSPS) is 21.7. The van der Waals surface area contributed by atoms with Gasteiger partial charge < -0.3 is 5.32 Å². The number of nitrogens with one attached hydrogen (secondary N) is 1. The summed E-state index contributed by atoms with van der Waals surface area (Å²) in [6, 6.07) is 7.02. The quantitative estimate of drug-likeness (QED) is 0.851. The third-order valence-corrected chi connectivity index (χ3v) is 5.43. The molecule has 1 amide bonds. The molecule has 1 saturated heterocycles. The minimum atomic E-state index is -2.95. The maximum absolute atomic E-state index is 11.9. The van der Waals surface area contributed by atoms with Crippen LogP contribution in [-0.2, 0) is 9.84 Å². The van der Waals surface area contributed by atoms with Gasteiger partial charge in [0.1, 0.15) is 0 Å². The van der Waals surface area contributed by atoms with Crippen LogP contribution >= 0.6 is 11.8 Å². The van der Waals surface area contributed by atoms with Gasteiger partial charge in [-0.05, 0) is 36.9 Å². The Morgan fingerprint density at radius 2 is 2.00 bits per heavy atom. The van der Waals surface area contributed by atoms with Gasteiger partial charge in [0, 0.05) is 16.5 Å². The summed E-state index contributed by atoms with van der Waals surface area (Å²) in [4.78, 5) is 13.0. The first kappa shape index (κ1) is 13.4. The number of hydrogen-bond donors (Lipinski definition) is 1. The Morgan fingerprint density at radius 1 is 1.33 bits per heavy atom. The van der Waals surface area contributed by atoms with Crippen LogP contribution in [0.2, 0.25) is 0 Å². The predicted octanol–water partition coefficient (Wildman–Crippen LogP) is 1.33. The zero-order valence-corrected chi connectivity index (χ0v) is 11.7. The molecular formula is C12H15NO3S2. The summed E-state index contributed by atoms with van der Waals surface area (Å²) < 4.78 is 22.6. The molecule has 1 aromatic carbocycles. The van der Waals surface area contributed by atoms with Crippen LogP contribution in [-0.4, -0.2) is 38.1 Å². The number of sulfone groups is 1. The third kappa shape index (κ3) is 3.26. The molecule has 1 heterocycles. The second kappa shape index (κ2) is 5.32. The van der Waals surface area contributed by atoms with Crippen LogP contribution in [0.3, 0.4) is 0 Å². The van der Waals surface area contributed by atoms with Crippen LogP contribution in [0.1, 0.15) is 16.8 Å². The van der Waals surface area contributed by atoms with Gasteiger partial charge in [-0.25, -0.2) is 8.42 Å². The second-order valence-electron chi connectivity index (χ2n) is 4.30. The van der Waals surface area contributed by atoms with Crippen molar-refractivity contribution >= 4 is 27.5 Å². The molecule has 1 atom stereocenters. The standard InChI is InChI=1S/C12H15NO3S2/c1-17-11-4-2-9(3-5-11)12(14)13-10-6-7-18(15,16)8-10/h2-5,10H,6-8H2,1H3,(H,13,14). The van der Waals surface area contributed by atoms with E-state index in [0.29, 0.717) is 12.0 Å². The molecule has 0 radical (unpaired) electrons. The zero-order valence-electron chi connectivity index (χ0n) is 10.0. The van der Waals surface area contributed by atoms with E-state index in [1.807, 2.05) is 18.4 Å². The van der Waals surface area contributed by atoms with E-state index in [9.17, 15) is 13.2 Å². The van der Waals surface area contributed by atoms with Crippen molar-refractivity contribution in [2.75, 3.05) is 17.8 Å². The molecular weight excluding hydrogens is 270 g/mol. The molecule has 1 fully saturated rings. The number of carbonyl (C=O) groups is 1. The summed E-state index contributed by atoms with van der Waals surface area (Å²) in [5.41, 5.74) is 0.567. The van der Waals surface area contributed by atoms with Crippen molar-refractivity contribution in [3.63, 3.8) is 0 Å². The monoisotopic (exact) mass is 285 g/mol. The minimum absolute atomic E-state index is 0.0572. The predicted molar refractivity (Wildman–Crippen MR) is 72.7 cm³/mol. The lowest BCUT2D eigenvalue weighted by Gasteiger charge is -2.10. The molecule has 0 saturated carbocycles. The van der Waals surface area contributed by atoms with Crippen molar-refractivity contribution in [1.29, 1.82) is 0 Å². The van der Waals surface area contributed by atoms with Gasteiger partial charge in [-0.3, -0.25) is 4.79 Å². The highest BCUT2D eigenvalue weighted by Crippen LogP contribution is 2.16. The van der Waals surface area contributed by atoms with Crippen molar-refractivity contribution in [2.45, 2.75) is 17.4 Å². The SMILES string of the molecule is CSc1ccc(C(=O)NC2CCS(=O)(=O)C2)cc1. The Kier molecular flexibility index (Phi) is 3.97. The van der Waals surface area contributed by atoms with Crippen molar-refractivity contribution in [2.24, 2.45) is 0 Å². The molecule has 0 bridgehead atoms. The van der Waals surface area contributed by atoms with E-state index in [2.05, 4.69) is 5.32 Å². The van der Waals surface area contributed by atoms with E-state index in [1.54, 1.807) is 23.9 Å². The van der Waals surface area contributed by atoms with Crippen LogP contribution in [0.15, 0.2) is 29.2 Å². The molecule has 1 aliphatic heterocycles. The molecule has 1 aliphatic rings. The zero-order chi connectivity index (χ0) is 13.2. The van der Waals surface area contributed by atoms with Crippen molar-refractivity contribution in [1.82, 2.24) is 5.32 Å². The van der Waals surface area contributed by atoms with Gasteiger partial charge in [0.05, 0.1) is 11.5 Å². The van der Waals surface area contributed by atoms with E-state index in [4.69, 9.17) is 0 Å². The molecule has 18 heavy (non-hydrogen) atoms. The number of amides is 1. The van der Waals surface area contributed by atoms with E-state index < -0.39 is 9.84 Å². The lowest BCUT2D eigenvalue weighted by Crippen LogP contribution is -2.35. The fourth-order valence-corrected chi connectivity index (χ4v) is 4.00. The largest absolute Gasteiger partial charge is 0.348 e. The summed E-state index contributed by atoms with van der Waals surface area (Å²) in [6.45, 7) is 0. The number of thioether (sulfide) groups is 1. The Hall–Kier alpha value is -1.01. The maximum Gasteiger partial charge on any atom is 0.251 e.